The Labute approximate surface area is 202 Å². The number of ether oxygens (including phenoxy) is 2. The molecule has 0 radical (unpaired) electrons. The molecule has 0 aromatic carbocycles. The van der Waals surface area contributed by atoms with E-state index in [0.717, 1.165) is 46.0 Å². The number of aliphatic carboxylic acids is 2. The Bertz CT molecular complexity index is 812. The summed E-state index contributed by atoms with van der Waals surface area (Å²) in [6, 6.07) is 5.28. The van der Waals surface area contributed by atoms with Gasteiger partial charge in [-0.15, -0.1) is 0 Å². The third-order valence-corrected chi connectivity index (χ3v) is 5.71. The molecule has 3 fully saturated rings. The first-order valence-corrected chi connectivity index (χ1v) is 11.0. The molecule has 4 rings (SSSR count). The Morgan fingerprint density at radius 3 is 2.08 bits per heavy atom. The van der Waals surface area contributed by atoms with Crippen LogP contribution in [0.5, 0.6) is 0 Å². The molecule has 3 saturated heterocycles. The lowest BCUT2D eigenvalue weighted by Crippen LogP contribution is -2.51. The predicted octanol–water partition coefficient (Wildman–Crippen LogP) is 2.41. The number of pyridine rings is 1. The Morgan fingerprint density at radius 1 is 1.00 bits per heavy atom. The molecule has 204 valence electrons. The maximum absolute atomic E-state index is 10.6. The minimum Gasteiger partial charge on any atom is -0.475 e. The number of nitrogens with zero attached hydrogens (tertiary/aromatic N) is 3. The zero-order chi connectivity index (χ0) is 26.9. The molecular weight excluding hydrogens is 504 g/mol. The maximum Gasteiger partial charge on any atom is 0.490 e. The Kier molecular flexibility index (Phi) is 10.9. The average Bonchev–Trinajstić information content (AvgIpc) is 3.18. The normalized spacial score (nSPS) is 25.0. The van der Waals surface area contributed by atoms with Crippen molar-refractivity contribution < 1.29 is 55.6 Å². The van der Waals surface area contributed by atoms with Gasteiger partial charge >= 0.3 is 24.3 Å². The molecule has 36 heavy (non-hydrogen) atoms. The van der Waals surface area contributed by atoms with Crippen LogP contribution < -0.4 is 0 Å². The summed E-state index contributed by atoms with van der Waals surface area (Å²) in [7, 11) is 0. The number of likely N-dealkylation sites (tertiary alicyclic amines) is 1. The van der Waals surface area contributed by atoms with Crippen LogP contribution in [-0.2, 0) is 25.6 Å². The van der Waals surface area contributed by atoms with Crippen LogP contribution in [-0.4, -0.2) is 107 Å². The number of carboxylic acid groups (broad SMARTS) is 2. The highest BCUT2D eigenvalue weighted by Gasteiger charge is 2.46. The second kappa shape index (κ2) is 13.2. The highest BCUT2D eigenvalue weighted by Crippen LogP contribution is 2.33. The van der Waals surface area contributed by atoms with Gasteiger partial charge in [0.05, 0.1) is 25.4 Å². The van der Waals surface area contributed by atoms with Crippen LogP contribution in [0.25, 0.3) is 0 Å². The standard InChI is InChI=1S/C17H25N3O2.2C2HF3O2/c1-3-14(11-18-5-1)12-20-13-16(19-6-9-21-10-7-19)17-15(20)4-2-8-22-17;2*3-2(4,5)1(6)7/h1,3,5,11,15-17H,2,4,6-10,12-13H2;2*(H,6,7)/t15-,16-,17+;;/m0../s1. The van der Waals surface area contributed by atoms with Crippen molar-refractivity contribution in [2.24, 2.45) is 0 Å². The van der Waals surface area contributed by atoms with E-state index in [0.29, 0.717) is 18.2 Å². The smallest absolute Gasteiger partial charge is 0.475 e. The Morgan fingerprint density at radius 2 is 1.58 bits per heavy atom. The Balaban J connectivity index is 0.000000271. The first-order chi connectivity index (χ1) is 16.8. The molecule has 3 aliphatic rings. The van der Waals surface area contributed by atoms with Crippen molar-refractivity contribution in [3.63, 3.8) is 0 Å². The molecule has 0 spiro atoms. The molecule has 1 aromatic rings. The third kappa shape index (κ3) is 9.19. The summed E-state index contributed by atoms with van der Waals surface area (Å²) in [5.41, 5.74) is 1.30. The minimum atomic E-state index is -5.08. The molecule has 0 aliphatic carbocycles. The van der Waals surface area contributed by atoms with Crippen molar-refractivity contribution in [1.29, 1.82) is 0 Å². The van der Waals surface area contributed by atoms with Gasteiger partial charge in [-0.2, -0.15) is 26.3 Å². The fraction of sp³-hybridized carbons (Fsp3) is 0.667. The van der Waals surface area contributed by atoms with E-state index in [9.17, 15) is 26.3 Å². The predicted molar refractivity (Wildman–Crippen MR) is 111 cm³/mol. The first kappa shape index (κ1) is 29.7. The summed E-state index contributed by atoms with van der Waals surface area (Å²) >= 11 is 0. The van der Waals surface area contributed by atoms with E-state index in [1.54, 1.807) is 0 Å². The molecule has 0 unspecified atom stereocenters. The molecule has 0 bridgehead atoms. The van der Waals surface area contributed by atoms with Crippen LogP contribution >= 0.6 is 0 Å². The highest BCUT2D eigenvalue weighted by atomic mass is 19.4. The monoisotopic (exact) mass is 531 g/mol. The summed E-state index contributed by atoms with van der Waals surface area (Å²) in [6.45, 7) is 6.80. The second-order valence-corrected chi connectivity index (χ2v) is 8.16. The maximum atomic E-state index is 10.6. The summed E-state index contributed by atoms with van der Waals surface area (Å²) < 4.78 is 75.2. The molecule has 9 nitrogen and oxygen atoms in total. The molecular formula is C21H27F6N3O6. The molecule has 2 N–H and O–H groups in total. The van der Waals surface area contributed by atoms with Crippen LogP contribution in [0.1, 0.15) is 18.4 Å². The number of rotatable bonds is 3. The number of morpholine rings is 1. The summed E-state index contributed by atoms with van der Waals surface area (Å²) in [6.07, 6.45) is -3.53. The summed E-state index contributed by atoms with van der Waals surface area (Å²) in [4.78, 5) is 27.2. The van der Waals surface area contributed by atoms with E-state index < -0.39 is 24.3 Å². The molecule has 4 heterocycles. The fourth-order valence-corrected chi connectivity index (χ4v) is 4.16. The van der Waals surface area contributed by atoms with Crippen LogP contribution in [0.15, 0.2) is 24.5 Å². The number of carbonyl (C=O) groups is 2. The number of alkyl halides is 6. The summed E-state index contributed by atoms with van der Waals surface area (Å²) in [5.74, 6) is -5.51. The van der Waals surface area contributed by atoms with Crippen molar-refractivity contribution in [3.8, 4) is 0 Å². The first-order valence-electron chi connectivity index (χ1n) is 11.0. The molecule has 0 saturated carbocycles. The van der Waals surface area contributed by atoms with Crippen LogP contribution in [0.2, 0.25) is 0 Å². The van der Waals surface area contributed by atoms with Crippen molar-refractivity contribution in [3.05, 3.63) is 30.1 Å². The van der Waals surface area contributed by atoms with E-state index >= 15 is 0 Å². The topological polar surface area (TPSA) is 112 Å². The number of aromatic nitrogens is 1. The number of hydrogen-bond donors (Lipinski definition) is 2. The van der Waals surface area contributed by atoms with E-state index in [2.05, 4.69) is 20.9 Å². The van der Waals surface area contributed by atoms with Crippen molar-refractivity contribution in [2.45, 2.75) is 49.9 Å². The lowest BCUT2D eigenvalue weighted by molar-refractivity contribution is -0.193. The minimum absolute atomic E-state index is 0.364. The van der Waals surface area contributed by atoms with Crippen molar-refractivity contribution in [2.75, 3.05) is 39.5 Å². The van der Waals surface area contributed by atoms with Gasteiger partial charge in [0.15, 0.2) is 0 Å². The zero-order valence-electron chi connectivity index (χ0n) is 19.0. The number of carboxylic acids is 2. The van der Waals surface area contributed by atoms with Crippen molar-refractivity contribution >= 4 is 11.9 Å². The molecule has 0 amide bonds. The summed E-state index contributed by atoms with van der Waals surface area (Å²) in [5, 5.41) is 14.2. The van der Waals surface area contributed by atoms with Gasteiger partial charge in [0, 0.05) is 51.2 Å². The fourth-order valence-electron chi connectivity index (χ4n) is 4.16. The molecule has 3 aliphatic heterocycles. The highest BCUT2D eigenvalue weighted by molar-refractivity contribution is 5.73. The van der Waals surface area contributed by atoms with Crippen LogP contribution in [0.4, 0.5) is 26.3 Å². The van der Waals surface area contributed by atoms with Gasteiger partial charge in [-0.1, -0.05) is 6.07 Å². The van der Waals surface area contributed by atoms with Gasteiger partial charge in [0.25, 0.3) is 0 Å². The van der Waals surface area contributed by atoms with Gasteiger partial charge in [0.1, 0.15) is 0 Å². The SMILES string of the molecule is O=C(O)C(F)(F)F.O=C(O)C(F)(F)F.c1cncc(CN2C[C@H](N3CCOCC3)[C@@H]3OCCC[C@@H]32)c1. The lowest BCUT2D eigenvalue weighted by Gasteiger charge is -2.37. The third-order valence-electron chi connectivity index (χ3n) is 5.71. The van der Waals surface area contributed by atoms with Crippen LogP contribution in [0.3, 0.4) is 0 Å². The van der Waals surface area contributed by atoms with Gasteiger partial charge in [-0.05, 0) is 24.5 Å². The van der Waals surface area contributed by atoms with Gasteiger partial charge < -0.3 is 19.7 Å². The molecule has 3 atom stereocenters. The van der Waals surface area contributed by atoms with Gasteiger partial charge in [-0.25, -0.2) is 9.59 Å². The largest absolute Gasteiger partial charge is 0.490 e. The number of fused-ring (bicyclic) bond motifs is 1. The van der Waals surface area contributed by atoms with E-state index in [-0.39, 0.29) is 0 Å². The lowest BCUT2D eigenvalue weighted by atomic mass is 9.99. The van der Waals surface area contributed by atoms with Gasteiger partial charge in [0.2, 0.25) is 0 Å². The average molecular weight is 531 g/mol. The number of halogens is 6. The zero-order valence-corrected chi connectivity index (χ0v) is 19.0. The Hall–Kier alpha value is -2.49. The van der Waals surface area contributed by atoms with Crippen molar-refractivity contribution in [1.82, 2.24) is 14.8 Å². The van der Waals surface area contributed by atoms with E-state index in [1.165, 1.54) is 18.4 Å². The molecule has 1 aromatic heterocycles. The number of hydrogen-bond acceptors (Lipinski definition) is 7. The molecule has 15 heteroatoms. The van der Waals surface area contributed by atoms with Gasteiger partial charge in [-0.3, -0.25) is 14.8 Å². The van der Waals surface area contributed by atoms with E-state index in [4.69, 9.17) is 29.3 Å². The second-order valence-electron chi connectivity index (χ2n) is 8.16. The van der Waals surface area contributed by atoms with E-state index in [1.807, 2.05) is 18.5 Å². The van der Waals surface area contributed by atoms with Crippen LogP contribution in [0, 0.1) is 0 Å². The quantitative estimate of drug-likeness (QED) is 0.568.